The smallest absolute Gasteiger partial charge is 0.397 e. The van der Waals surface area contributed by atoms with Crippen molar-refractivity contribution in [3.63, 3.8) is 0 Å². The van der Waals surface area contributed by atoms with Gasteiger partial charge in [-0.3, -0.25) is 9.59 Å². The molecule has 0 aliphatic heterocycles. The second-order valence-corrected chi connectivity index (χ2v) is 7.75. The van der Waals surface area contributed by atoms with Crippen LogP contribution < -0.4 is 0 Å². The van der Waals surface area contributed by atoms with Gasteiger partial charge in [-0.25, -0.2) is 0 Å². The summed E-state index contributed by atoms with van der Waals surface area (Å²) in [5.41, 5.74) is -1.87. The lowest BCUT2D eigenvalue weighted by Crippen LogP contribution is -2.53. The average Bonchev–Trinajstić information content (AvgIpc) is 2.32. The molecule has 0 rings (SSSR count). The van der Waals surface area contributed by atoms with Crippen LogP contribution in [0.4, 0.5) is 13.2 Å². The molecule has 8 heteroatoms. The molecule has 0 saturated carbocycles. The van der Waals surface area contributed by atoms with E-state index in [0.717, 1.165) is 6.92 Å². The topological polar surface area (TPSA) is 52.6 Å². The zero-order valence-corrected chi connectivity index (χ0v) is 12.5. The maximum absolute atomic E-state index is 12.6. The van der Waals surface area contributed by atoms with Crippen LogP contribution in [0.1, 0.15) is 26.7 Å². The monoisotopic (exact) mass is 300 g/mol. The fraction of sp³-hybridized carbons (Fsp3) is 0.818. The SMILES string of the molecule is CCCC[Si](OC)(OC)C(C(C)=O)C(=O)C(F)(F)F. The minimum absolute atomic E-state index is 0.169. The van der Waals surface area contributed by atoms with Gasteiger partial charge < -0.3 is 8.85 Å². The lowest BCUT2D eigenvalue weighted by molar-refractivity contribution is -0.172. The molecule has 19 heavy (non-hydrogen) atoms. The highest BCUT2D eigenvalue weighted by molar-refractivity contribution is 6.76. The molecular formula is C11H19F3O4Si. The number of Topliss-reactive ketones (excluding diaryl/α,β-unsaturated/α-hetero) is 2. The summed E-state index contributed by atoms with van der Waals surface area (Å²) in [6.45, 7) is 2.80. The molecular weight excluding hydrogens is 281 g/mol. The number of unbranched alkanes of at least 4 members (excludes halogenated alkanes) is 1. The quantitative estimate of drug-likeness (QED) is 0.511. The summed E-state index contributed by atoms with van der Waals surface area (Å²) in [6, 6.07) is 0.169. The zero-order chi connectivity index (χ0) is 15.3. The lowest BCUT2D eigenvalue weighted by atomic mass is 10.2. The van der Waals surface area contributed by atoms with Crippen molar-refractivity contribution in [2.45, 2.75) is 44.5 Å². The van der Waals surface area contributed by atoms with Gasteiger partial charge in [-0.05, 0) is 13.0 Å². The largest absolute Gasteiger partial charge is 0.450 e. The minimum Gasteiger partial charge on any atom is -0.397 e. The Morgan fingerprint density at radius 2 is 1.68 bits per heavy atom. The molecule has 1 unspecified atom stereocenters. The van der Waals surface area contributed by atoms with Crippen molar-refractivity contribution >= 4 is 20.1 Å². The molecule has 4 nitrogen and oxygen atoms in total. The van der Waals surface area contributed by atoms with Crippen LogP contribution in [0.2, 0.25) is 11.6 Å². The van der Waals surface area contributed by atoms with E-state index in [0.29, 0.717) is 12.8 Å². The summed E-state index contributed by atoms with van der Waals surface area (Å²) >= 11 is 0. The second-order valence-electron chi connectivity index (χ2n) is 4.23. The van der Waals surface area contributed by atoms with Gasteiger partial charge in [-0.1, -0.05) is 19.8 Å². The Bertz CT molecular complexity index is 326. The molecule has 0 aliphatic rings. The minimum atomic E-state index is -5.07. The molecule has 0 heterocycles. The molecule has 0 aliphatic carbocycles. The third-order valence-corrected chi connectivity index (χ3v) is 6.94. The predicted octanol–water partition coefficient (Wildman–Crippen LogP) is 2.61. The van der Waals surface area contributed by atoms with E-state index in [1.165, 1.54) is 14.2 Å². The third-order valence-electron chi connectivity index (χ3n) is 2.96. The molecule has 0 N–H and O–H groups in total. The highest BCUT2D eigenvalue weighted by Crippen LogP contribution is 2.36. The second kappa shape index (κ2) is 7.16. The summed E-state index contributed by atoms with van der Waals surface area (Å²) in [6.07, 6.45) is -3.84. The van der Waals surface area contributed by atoms with E-state index >= 15 is 0 Å². The summed E-state index contributed by atoms with van der Waals surface area (Å²) < 4.78 is 48.0. The molecule has 0 bridgehead atoms. The summed E-state index contributed by atoms with van der Waals surface area (Å²) in [5, 5.41) is 0. The van der Waals surface area contributed by atoms with Crippen LogP contribution >= 0.6 is 0 Å². The number of carbonyl (C=O) groups excluding carboxylic acids is 2. The van der Waals surface area contributed by atoms with Crippen LogP contribution in [-0.2, 0) is 18.4 Å². The van der Waals surface area contributed by atoms with Crippen molar-refractivity contribution in [3.05, 3.63) is 0 Å². The molecule has 0 amide bonds. The molecule has 0 saturated heterocycles. The van der Waals surface area contributed by atoms with Crippen molar-refractivity contribution < 1.29 is 31.6 Å². The van der Waals surface area contributed by atoms with Crippen molar-refractivity contribution in [1.29, 1.82) is 0 Å². The van der Waals surface area contributed by atoms with E-state index in [-0.39, 0.29) is 6.04 Å². The van der Waals surface area contributed by atoms with Crippen LogP contribution in [0.15, 0.2) is 0 Å². The summed E-state index contributed by atoms with van der Waals surface area (Å²) in [4.78, 5) is 23.0. The standard InChI is InChI=1S/C11H19F3O4Si/c1-5-6-7-19(17-3,18-4)9(8(2)15)10(16)11(12,13)14/h9H,5-7H2,1-4H3. The number of carbonyl (C=O) groups is 2. The highest BCUT2D eigenvalue weighted by Gasteiger charge is 2.58. The van der Waals surface area contributed by atoms with Crippen LogP contribution in [0.5, 0.6) is 0 Å². The summed E-state index contributed by atoms with van der Waals surface area (Å²) in [5.74, 6) is -2.94. The van der Waals surface area contributed by atoms with Gasteiger partial charge >= 0.3 is 14.7 Å². The fourth-order valence-electron chi connectivity index (χ4n) is 1.95. The fourth-order valence-corrected chi connectivity index (χ4v) is 5.31. The number of hydrogen-bond acceptors (Lipinski definition) is 4. The van der Waals surface area contributed by atoms with E-state index < -0.39 is 31.8 Å². The van der Waals surface area contributed by atoms with Gasteiger partial charge in [0.05, 0.1) is 0 Å². The van der Waals surface area contributed by atoms with Gasteiger partial charge in [0.15, 0.2) is 0 Å². The first kappa shape index (κ1) is 18.3. The number of ketones is 2. The van der Waals surface area contributed by atoms with Crippen LogP contribution in [0, 0.1) is 0 Å². The van der Waals surface area contributed by atoms with Gasteiger partial charge in [0.2, 0.25) is 5.78 Å². The Labute approximate surface area is 111 Å². The molecule has 0 aromatic heterocycles. The van der Waals surface area contributed by atoms with E-state index in [1.807, 2.05) is 6.92 Å². The molecule has 112 valence electrons. The van der Waals surface area contributed by atoms with E-state index in [1.54, 1.807) is 0 Å². The molecule has 0 spiro atoms. The Kier molecular flexibility index (Phi) is 6.88. The highest BCUT2D eigenvalue weighted by atomic mass is 28.4. The Balaban J connectivity index is 5.53. The van der Waals surface area contributed by atoms with E-state index in [4.69, 9.17) is 8.85 Å². The molecule has 0 fully saturated rings. The van der Waals surface area contributed by atoms with Crippen LogP contribution in [-0.4, -0.2) is 40.5 Å². The van der Waals surface area contributed by atoms with Gasteiger partial charge in [0.25, 0.3) is 0 Å². The maximum atomic E-state index is 12.6. The first-order valence-electron chi connectivity index (χ1n) is 5.88. The first-order chi connectivity index (χ1) is 8.66. The predicted molar refractivity (Wildman–Crippen MR) is 65.0 cm³/mol. The summed E-state index contributed by atoms with van der Waals surface area (Å²) in [7, 11) is -1.18. The molecule has 0 aromatic carbocycles. The van der Waals surface area contributed by atoms with Gasteiger partial charge in [0, 0.05) is 14.2 Å². The molecule has 1 atom stereocenters. The van der Waals surface area contributed by atoms with Crippen molar-refractivity contribution in [1.82, 2.24) is 0 Å². The van der Waals surface area contributed by atoms with Crippen molar-refractivity contribution in [2.24, 2.45) is 0 Å². The number of rotatable bonds is 8. The normalized spacial score (nSPS) is 14.3. The molecule has 0 aromatic rings. The van der Waals surface area contributed by atoms with Crippen molar-refractivity contribution in [2.75, 3.05) is 14.2 Å². The Morgan fingerprint density at radius 1 is 1.21 bits per heavy atom. The number of halogens is 3. The van der Waals surface area contributed by atoms with E-state index in [9.17, 15) is 22.8 Å². The van der Waals surface area contributed by atoms with Gasteiger partial charge in [-0.2, -0.15) is 13.2 Å². The Hall–Kier alpha value is -0.733. The lowest BCUT2D eigenvalue weighted by Gasteiger charge is -2.33. The number of hydrogen-bond donors (Lipinski definition) is 0. The zero-order valence-electron chi connectivity index (χ0n) is 11.5. The van der Waals surface area contributed by atoms with Gasteiger partial charge in [0.1, 0.15) is 11.3 Å². The van der Waals surface area contributed by atoms with Crippen LogP contribution in [0.3, 0.4) is 0 Å². The molecule has 0 radical (unpaired) electrons. The van der Waals surface area contributed by atoms with Crippen LogP contribution in [0.25, 0.3) is 0 Å². The average molecular weight is 300 g/mol. The Morgan fingerprint density at radius 3 is 1.95 bits per heavy atom. The van der Waals surface area contributed by atoms with Gasteiger partial charge in [-0.15, -0.1) is 0 Å². The van der Waals surface area contributed by atoms with Crippen molar-refractivity contribution in [3.8, 4) is 0 Å². The maximum Gasteiger partial charge on any atom is 0.450 e. The first-order valence-corrected chi connectivity index (χ1v) is 7.98. The third kappa shape index (κ3) is 4.39. The number of alkyl halides is 3. The van der Waals surface area contributed by atoms with E-state index in [2.05, 4.69) is 0 Å².